The summed E-state index contributed by atoms with van der Waals surface area (Å²) < 4.78 is 0. The number of nitrogens with one attached hydrogen (secondary N) is 1. The Morgan fingerprint density at radius 1 is 1.04 bits per heavy atom. The van der Waals surface area contributed by atoms with E-state index in [2.05, 4.69) is 5.32 Å². The molecule has 1 heterocycles. The van der Waals surface area contributed by atoms with Crippen molar-refractivity contribution < 1.29 is 24.3 Å². The van der Waals surface area contributed by atoms with Crippen LogP contribution in [0.25, 0.3) is 0 Å². The molecule has 2 saturated carbocycles. The van der Waals surface area contributed by atoms with Crippen LogP contribution in [0.2, 0.25) is 0 Å². The predicted molar refractivity (Wildman–Crippen MR) is 100 cm³/mol. The second-order valence-electron chi connectivity index (χ2n) is 8.69. The van der Waals surface area contributed by atoms with Crippen molar-refractivity contribution in [3.8, 4) is 0 Å². The Kier molecular flexibility index (Phi) is 3.74. The minimum Gasteiger partial charge on any atom is -0.478 e. The molecule has 1 amide bonds. The van der Waals surface area contributed by atoms with E-state index in [4.69, 9.17) is 0 Å². The second-order valence-corrected chi connectivity index (χ2v) is 9.80. The SMILES string of the molecule is CC12CCC(C(=O)Nc3sc4c(c3C(=O)O)CCCC4)(C(=O)C1=O)C2(C)C. The molecule has 27 heavy (non-hydrogen) atoms. The number of hydrogen-bond donors (Lipinski definition) is 2. The zero-order valence-corrected chi connectivity index (χ0v) is 16.5. The Balaban J connectivity index is 1.76. The molecule has 7 heteroatoms. The highest BCUT2D eigenvalue weighted by Crippen LogP contribution is 2.69. The van der Waals surface area contributed by atoms with Gasteiger partial charge in [-0.3, -0.25) is 14.4 Å². The highest BCUT2D eigenvalue weighted by atomic mass is 32.1. The number of anilines is 1. The molecule has 0 aliphatic heterocycles. The summed E-state index contributed by atoms with van der Waals surface area (Å²) in [5.74, 6) is -2.70. The molecule has 2 unspecified atom stereocenters. The number of carbonyl (C=O) groups excluding carboxylic acids is 3. The van der Waals surface area contributed by atoms with E-state index < -0.39 is 39.7 Å². The number of hydrogen-bond acceptors (Lipinski definition) is 5. The average Bonchev–Trinajstić information content (AvgIpc) is 3.10. The first-order valence-electron chi connectivity index (χ1n) is 9.36. The van der Waals surface area contributed by atoms with E-state index in [1.54, 1.807) is 20.8 Å². The number of aromatic carboxylic acids is 1. The minimum absolute atomic E-state index is 0.148. The lowest BCUT2D eigenvalue weighted by atomic mass is 9.64. The maximum Gasteiger partial charge on any atom is 0.339 e. The Bertz CT molecular complexity index is 914. The molecule has 2 N–H and O–H groups in total. The Morgan fingerprint density at radius 3 is 2.30 bits per heavy atom. The van der Waals surface area contributed by atoms with Gasteiger partial charge in [-0.1, -0.05) is 20.8 Å². The van der Waals surface area contributed by atoms with E-state index in [9.17, 15) is 24.3 Å². The molecule has 3 aliphatic rings. The van der Waals surface area contributed by atoms with Crippen LogP contribution in [0.1, 0.15) is 67.3 Å². The van der Waals surface area contributed by atoms with Crippen LogP contribution in [-0.2, 0) is 27.2 Å². The predicted octanol–water partition coefficient (Wildman–Crippen LogP) is 3.23. The fourth-order valence-electron chi connectivity index (χ4n) is 5.36. The van der Waals surface area contributed by atoms with Gasteiger partial charge in [-0.15, -0.1) is 11.3 Å². The summed E-state index contributed by atoms with van der Waals surface area (Å²) in [6.07, 6.45) is 4.24. The maximum atomic E-state index is 13.3. The summed E-state index contributed by atoms with van der Waals surface area (Å²) in [5.41, 5.74) is -2.12. The standard InChI is InChI=1S/C20H23NO5S/c1-18(2)19(3)8-9-20(18,14(23)13(19)22)17(26)21-15-12(16(24)25)10-6-4-5-7-11(10)27-15/h4-9H2,1-3H3,(H,21,26)(H,24,25). The fraction of sp³-hybridized carbons (Fsp3) is 0.600. The number of carboxylic acids is 1. The number of aryl methyl sites for hydroxylation is 1. The molecule has 2 atom stereocenters. The molecular weight excluding hydrogens is 366 g/mol. The number of rotatable bonds is 3. The van der Waals surface area contributed by atoms with Gasteiger partial charge in [0.2, 0.25) is 17.5 Å². The van der Waals surface area contributed by atoms with Gasteiger partial charge in [0, 0.05) is 10.3 Å². The van der Waals surface area contributed by atoms with Crippen molar-refractivity contribution in [3.05, 3.63) is 16.0 Å². The molecule has 4 rings (SSSR count). The lowest BCUT2D eigenvalue weighted by molar-refractivity contribution is -0.147. The van der Waals surface area contributed by atoms with Gasteiger partial charge >= 0.3 is 5.97 Å². The first kappa shape index (κ1) is 18.3. The Hall–Kier alpha value is -2.02. The van der Waals surface area contributed by atoms with Crippen LogP contribution >= 0.6 is 11.3 Å². The smallest absolute Gasteiger partial charge is 0.339 e. The normalized spacial score (nSPS) is 31.1. The Morgan fingerprint density at radius 2 is 1.70 bits per heavy atom. The van der Waals surface area contributed by atoms with E-state index in [0.29, 0.717) is 24.3 Å². The molecule has 0 saturated heterocycles. The largest absolute Gasteiger partial charge is 0.478 e. The second kappa shape index (κ2) is 5.50. The number of amides is 1. The van der Waals surface area contributed by atoms with E-state index >= 15 is 0 Å². The number of Topliss-reactive ketones (excluding diaryl/α,β-unsaturated/α-hetero) is 2. The first-order valence-corrected chi connectivity index (χ1v) is 10.2. The molecular formula is C20H23NO5S. The number of carboxylic acid groups (broad SMARTS) is 1. The van der Waals surface area contributed by atoms with Gasteiger partial charge in [0.25, 0.3) is 0 Å². The zero-order valence-electron chi connectivity index (χ0n) is 15.7. The van der Waals surface area contributed by atoms with Gasteiger partial charge in [-0.25, -0.2) is 4.79 Å². The van der Waals surface area contributed by atoms with Gasteiger partial charge in [0.05, 0.1) is 5.56 Å². The highest BCUT2D eigenvalue weighted by Gasteiger charge is 2.77. The molecule has 2 bridgehead atoms. The lowest BCUT2D eigenvalue weighted by Crippen LogP contribution is -2.47. The van der Waals surface area contributed by atoms with Crippen molar-refractivity contribution in [1.82, 2.24) is 0 Å². The monoisotopic (exact) mass is 389 g/mol. The number of carbonyl (C=O) groups is 4. The molecule has 0 spiro atoms. The van der Waals surface area contributed by atoms with Crippen LogP contribution < -0.4 is 5.32 Å². The summed E-state index contributed by atoms with van der Waals surface area (Å²) in [6.45, 7) is 5.38. The van der Waals surface area contributed by atoms with Gasteiger partial charge in [-0.2, -0.15) is 0 Å². The molecule has 0 radical (unpaired) electrons. The molecule has 144 valence electrons. The Labute approximate surface area is 161 Å². The zero-order chi connectivity index (χ0) is 19.8. The van der Waals surface area contributed by atoms with Gasteiger partial charge in [0.15, 0.2) is 0 Å². The van der Waals surface area contributed by atoms with Crippen LogP contribution in [0.5, 0.6) is 0 Å². The quantitative estimate of drug-likeness (QED) is 0.611. The van der Waals surface area contributed by atoms with E-state index in [1.807, 2.05) is 0 Å². The molecule has 1 aromatic rings. The summed E-state index contributed by atoms with van der Waals surface area (Å²) in [5, 5.41) is 12.7. The molecule has 1 aromatic heterocycles. The van der Waals surface area contributed by atoms with Crippen molar-refractivity contribution in [1.29, 1.82) is 0 Å². The van der Waals surface area contributed by atoms with Crippen LogP contribution in [-0.4, -0.2) is 28.5 Å². The van der Waals surface area contributed by atoms with Gasteiger partial charge in [0.1, 0.15) is 10.4 Å². The minimum atomic E-state index is -1.42. The number of fused-ring (bicyclic) bond motifs is 3. The van der Waals surface area contributed by atoms with Gasteiger partial charge in [-0.05, 0) is 49.5 Å². The third-order valence-corrected chi connectivity index (χ3v) is 8.75. The summed E-state index contributed by atoms with van der Waals surface area (Å²) in [6, 6.07) is 0. The van der Waals surface area contributed by atoms with E-state index in [-0.39, 0.29) is 5.56 Å². The van der Waals surface area contributed by atoms with E-state index in [0.717, 1.165) is 29.7 Å². The highest BCUT2D eigenvalue weighted by molar-refractivity contribution is 7.17. The van der Waals surface area contributed by atoms with Crippen LogP contribution in [0.3, 0.4) is 0 Å². The third-order valence-electron chi connectivity index (χ3n) is 7.54. The average molecular weight is 389 g/mol. The summed E-state index contributed by atoms with van der Waals surface area (Å²) in [4.78, 5) is 51.6. The number of thiophene rings is 1. The van der Waals surface area contributed by atoms with Crippen molar-refractivity contribution >= 4 is 39.8 Å². The van der Waals surface area contributed by atoms with Crippen LogP contribution in [0.15, 0.2) is 0 Å². The molecule has 6 nitrogen and oxygen atoms in total. The van der Waals surface area contributed by atoms with Crippen molar-refractivity contribution in [2.45, 2.75) is 59.3 Å². The third kappa shape index (κ3) is 2.01. The van der Waals surface area contributed by atoms with Gasteiger partial charge < -0.3 is 10.4 Å². The van der Waals surface area contributed by atoms with Crippen LogP contribution in [0.4, 0.5) is 5.00 Å². The maximum absolute atomic E-state index is 13.3. The summed E-state index contributed by atoms with van der Waals surface area (Å²) >= 11 is 1.29. The first-order chi connectivity index (χ1) is 12.6. The topological polar surface area (TPSA) is 101 Å². The van der Waals surface area contributed by atoms with E-state index in [1.165, 1.54) is 11.3 Å². The van der Waals surface area contributed by atoms with Crippen LogP contribution in [0, 0.1) is 16.2 Å². The fourth-order valence-corrected chi connectivity index (χ4v) is 6.64. The molecule has 2 fully saturated rings. The van der Waals surface area contributed by atoms with Crippen molar-refractivity contribution in [2.75, 3.05) is 5.32 Å². The number of ketones is 2. The summed E-state index contributed by atoms with van der Waals surface area (Å²) in [7, 11) is 0. The molecule has 3 aliphatic carbocycles. The van der Waals surface area contributed by atoms with Crippen molar-refractivity contribution in [2.24, 2.45) is 16.2 Å². The van der Waals surface area contributed by atoms with Crippen molar-refractivity contribution in [3.63, 3.8) is 0 Å². The molecule has 0 aromatic carbocycles. The lowest BCUT2D eigenvalue weighted by Gasteiger charge is -2.37.